The van der Waals surface area contributed by atoms with Gasteiger partial charge in [0, 0.05) is 25.9 Å². The van der Waals surface area contributed by atoms with Crippen LogP contribution < -0.4 is 10.6 Å². The van der Waals surface area contributed by atoms with Gasteiger partial charge >= 0.3 is 12.0 Å². The lowest BCUT2D eigenvalue weighted by Crippen LogP contribution is -2.37. The van der Waals surface area contributed by atoms with E-state index in [4.69, 9.17) is 5.11 Å². The number of carbonyl (C=O) groups excluding carboxylic acids is 1. The normalized spacial score (nSPS) is 11.9. The van der Waals surface area contributed by atoms with Crippen LogP contribution in [0.2, 0.25) is 0 Å². The largest absolute Gasteiger partial charge is 0.481 e. The van der Waals surface area contributed by atoms with E-state index in [0.29, 0.717) is 19.5 Å². The first-order valence-electron chi connectivity index (χ1n) is 7.15. The van der Waals surface area contributed by atoms with Gasteiger partial charge in [-0.1, -0.05) is 6.92 Å². The minimum atomic E-state index is -0.778. The van der Waals surface area contributed by atoms with Crippen LogP contribution in [-0.2, 0) is 11.2 Å². The van der Waals surface area contributed by atoms with E-state index >= 15 is 0 Å². The second-order valence-electron chi connectivity index (χ2n) is 5.04. The fraction of sp³-hybridized carbons (Fsp3) is 0.692. The summed E-state index contributed by atoms with van der Waals surface area (Å²) in [6, 6.07) is -0.196. The summed E-state index contributed by atoms with van der Waals surface area (Å²) in [6.45, 7) is 3.11. The molecular weight excluding hydrogens is 274 g/mol. The molecule has 1 heterocycles. The van der Waals surface area contributed by atoms with Crippen molar-refractivity contribution in [2.24, 2.45) is 5.92 Å². The minimum Gasteiger partial charge on any atom is -0.481 e. The van der Waals surface area contributed by atoms with Crippen molar-refractivity contribution in [3.8, 4) is 0 Å². The molecule has 0 spiro atoms. The Labute approximate surface area is 123 Å². The van der Waals surface area contributed by atoms with Crippen LogP contribution in [0.3, 0.4) is 0 Å². The number of nitrogens with one attached hydrogen (secondary N) is 3. The van der Waals surface area contributed by atoms with Crippen LogP contribution in [0.4, 0.5) is 4.79 Å². The highest BCUT2D eigenvalue weighted by molar-refractivity contribution is 5.73. The number of urea groups is 1. The van der Waals surface area contributed by atoms with Crippen molar-refractivity contribution in [2.75, 3.05) is 13.1 Å². The summed E-state index contributed by atoms with van der Waals surface area (Å²) in [7, 11) is 0. The molecule has 0 aliphatic carbocycles. The molecule has 1 aromatic heterocycles. The number of nitrogens with zero attached hydrogens (tertiary/aromatic N) is 2. The van der Waals surface area contributed by atoms with E-state index in [1.807, 2.05) is 6.92 Å². The van der Waals surface area contributed by atoms with Crippen LogP contribution in [-0.4, -0.2) is 45.4 Å². The fourth-order valence-electron chi connectivity index (χ4n) is 1.82. The van der Waals surface area contributed by atoms with Crippen LogP contribution in [0, 0.1) is 5.92 Å². The number of aromatic amines is 1. The molecule has 118 valence electrons. The second kappa shape index (κ2) is 9.73. The first-order chi connectivity index (χ1) is 10.1. The third-order valence-electron chi connectivity index (χ3n) is 3.11. The van der Waals surface area contributed by atoms with Gasteiger partial charge in [0.2, 0.25) is 0 Å². The predicted molar refractivity (Wildman–Crippen MR) is 76.8 cm³/mol. The van der Waals surface area contributed by atoms with Crippen molar-refractivity contribution in [2.45, 2.75) is 39.0 Å². The molecule has 8 heteroatoms. The monoisotopic (exact) mass is 297 g/mol. The number of rotatable bonds is 10. The summed E-state index contributed by atoms with van der Waals surface area (Å²) in [5.74, 6) is 0.316. The van der Waals surface area contributed by atoms with Crippen LogP contribution >= 0.6 is 0 Å². The Balaban J connectivity index is 1.97. The number of carboxylic acids is 1. The summed E-state index contributed by atoms with van der Waals surface area (Å²) >= 11 is 0. The Kier molecular flexibility index (Phi) is 7.85. The smallest absolute Gasteiger partial charge is 0.314 e. The number of aromatic nitrogens is 3. The molecule has 0 saturated heterocycles. The average molecular weight is 297 g/mol. The van der Waals surface area contributed by atoms with E-state index in [1.165, 1.54) is 6.33 Å². The lowest BCUT2D eigenvalue weighted by atomic mass is 10.0. The lowest BCUT2D eigenvalue weighted by molar-refractivity contribution is -0.137. The molecule has 0 aliphatic heterocycles. The van der Waals surface area contributed by atoms with Crippen molar-refractivity contribution in [1.82, 2.24) is 25.8 Å². The maximum atomic E-state index is 11.5. The zero-order valence-electron chi connectivity index (χ0n) is 12.3. The summed E-state index contributed by atoms with van der Waals surface area (Å²) in [5.41, 5.74) is 0. The van der Waals surface area contributed by atoms with Gasteiger partial charge < -0.3 is 15.7 Å². The van der Waals surface area contributed by atoms with Crippen molar-refractivity contribution >= 4 is 12.0 Å². The second-order valence-corrected chi connectivity index (χ2v) is 5.04. The highest BCUT2D eigenvalue weighted by Gasteiger charge is 2.06. The van der Waals surface area contributed by atoms with E-state index in [2.05, 4.69) is 25.8 Å². The molecule has 0 aromatic carbocycles. The van der Waals surface area contributed by atoms with Gasteiger partial charge in [0.05, 0.1) is 0 Å². The zero-order chi connectivity index (χ0) is 15.5. The number of carbonyl (C=O) groups is 2. The topological polar surface area (TPSA) is 120 Å². The highest BCUT2D eigenvalue weighted by Crippen LogP contribution is 2.08. The van der Waals surface area contributed by atoms with Gasteiger partial charge in [0.15, 0.2) is 0 Å². The van der Waals surface area contributed by atoms with E-state index in [0.717, 1.165) is 25.1 Å². The van der Waals surface area contributed by atoms with Crippen LogP contribution in [0.1, 0.15) is 38.4 Å². The number of amides is 2. The summed E-state index contributed by atoms with van der Waals surface area (Å²) < 4.78 is 0. The quantitative estimate of drug-likeness (QED) is 0.479. The molecule has 0 bridgehead atoms. The van der Waals surface area contributed by atoms with Crippen molar-refractivity contribution in [3.05, 3.63) is 12.2 Å². The molecule has 0 fully saturated rings. The maximum Gasteiger partial charge on any atom is 0.314 e. The number of aliphatic carboxylic acids is 1. The molecule has 0 aliphatic rings. The standard InChI is InChI=1S/C13H23N5O3/c1-10(4-5-12(19)20)6-8-15-13(21)14-7-2-3-11-16-9-17-18-11/h9-10H,2-8H2,1H3,(H,19,20)(H2,14,15,21)(H,16,17,18). The maximum absolute atomic E-state index is 11.5. The van der Waals surface area contributed by atoms with Crippen molar-refractivity contribution in [1.29, 1.82) is 0 Å². The van der Waals surface area contributed by atoms with Gasteiger partial charge in [-0.15, -0.1) is 0 Å². The van der Waals surface area contributed by atoms with Crippen LogP contribution in [0.25, 0.3) is 0 Å². The van der Waals surface area contributed by atoms with Crippen molar-refractivity contribution in [3.63, 3.8) is 0 Å². The molecule has 0 radical (unpaired) electrons. The number of aryl methyl sites for hydroxylation is 1. The van der Waals surface area contributed by atoms with Crippen LogP contribution in [0.15, 0.2) is 6.33 Å². The number of H-pyrrole nitrogens is 1. The first kappa shape index (κ1) is 16.9. The molecule has 4 N–H and O–H groups in total. The summed E-state index contributed by atoms with van der Waals surface area (Å²) in [6.07, 6.45) is 4.58. The van der Waals surface area contributed by atoms with Crippen molar-refractivity contribution < 1.29 is 14.7 Å². The Hall–Kier alpha value is -2.12. The SMILES string of the molecule is CC(CCNC(=O)NCCCc1ncn[nH]1)CCC(=O)O. The fourth-order valence-corrected chi connectivity index (χ4v) is 1.82. The molecular formula is C13H23N5O3. The first-order valence-corrected chi connectivity index (χ1v) is 7.15. The number of carboxylic acid groups (broad SMARTS) is 1. The third-order valence-corrected chi connectivity index (χ3v) is 3.11. The van der Waals surface area contributed by atoms with E-state index in [9.17, 15) is 9.59 Å². The van der Waals surface area contributed by atoms with E-state index < -0.39 is 5.97 Å². The average Bonchev–Trinajstić information content (AvgIpc) is 2.94. The van der Waals surface area contributed by atoms with Gasteiger partial charge in [-0.05, 0) is 25.2 Å². The number of hydrogen-bond donors (Lipinski definition) is 4. The Morgan fingerprint density at radius 2 is 2.10 bits per heavy atom. The molecule has 1 atom stereocenters. The van der Waals surface area contributed by atoms with Gasteiger partial charge in [0.25, 0.3) is 0 Å². The molecule has 21 heavy (non-hydrogen) atoms. The predicted octanol–water partition coefficient (Wildman–Crippen LogP) is 0.927. The highest BCUT2D eigenvalue weighted by atomic mass is 16.4. The Morgan fingerprint density at radius 1 is 1.33 bits per heavy atom. The van der Waals surface area contributed by atoms with E-state index in [-0.39, 0.29) is 18.4 Å². The third kappa shape index (κ3) is 8.61. The van der Waals surface area contributed by atoms with E-state index in [1.54, 1.807) is 0 Å². The number of hydrogen-bond acceptors (Lipinski definition) is 4. The lowest BCUT2D eigenvalue weighted by Gasteiger charge is -2.11. The summed E-state index contributed by atoms with van der Waals surface area (Å²) in [4.78, 5) is 25.9. The van der Waals surface area contributed by atoms with Gasteiger partial charge in [0.1, 0.15) is 12.2 Å². The molecule has 2 amide bonds. The Bertz CT molecular complexity index is 421. The Morgan fingerprint density at radius 3 is 2.76 bits per heavy atom. The van der Waals surface area contributed by atoms with Crippen LogP contribution in [0.5, 0.6) is 0 Å². The molecule has 8 nitrogen and oxygen atoms in total. The minimum absolute atomic E-state index is 0.176. The molecule has 1 unspecified atom stereocenters. The zero-order valence-corrected chi connectivity index (χ0v) is 12.3. The molecule has 0 saturated carbocycles. The van der Waals surface area contributed by atoms with Gasteiger partial charge in [-0.3, -0.25) is 9.89 Å². The molecule has 1 rings (SSSR count). The van der Waals surface area contributed by atoms with Gasteiger partial charge in [-0.2, -0.15) is 5.10 Å². The van der Waals surface area contributed by atoms with Gasteiger partial charge in [-0.25, -0.2) is 9.78 Å². The summed E-state index contributed by atoms with van der Waals surface area (Å²) in [5, 5.41) is 20.6. The molecule has 1 aromatic rings.